The van der Waals surface area contributed by atoms with Crippen LogP contribution in [-0.4, -0.2) is 49.9 Å². The van der Waals surface area contributed by atoms with Crippen molar-refractivity contribution in [1.82, 2.24) is 16.1 Å². The quantitative estimate of drug-likeness (QED) is 0.0875. The molecule has 0 unspecified atom stereocenters. The summed E-state index contributed by atoms with van der Waals surface area (Å²) in [5.41, 5.74) is 5.33. The van der Waals surface area contributed by atoms with Gasteiger partial charge in [0, 0.05) is 21.3 Å². The van der Waals surface area contributed by atoms with Gasteiger partial charge in [-0.3, -0.25) is 5.43 Å². The molecule has 0 radical (unpaired) electrons. The van der Waals surface area contributed by atoms with Crippen LogP contribution in [-0.2, 0) is 16.1 Å². The third kappa shape index (κ3) is 8.56. The zero-order valence-electron chi connectivity index (χ0n) is 24.2. The number of nitrogens with one attached hydrogen (secondary N) is 3. The summed E-state index contributed by atoms with van der Waals surface area (Å²) in [6.07, 6.45) is 0.292. The molecule has 4 rings (SSSR count). The number of carbonyl (C=O) groups is 2. The average molecular weight is 644 g/mol. The number of hydrazone groups is 1. The van der Waals surface area contributed by atoms with Crippen molar-refractivity contribution >= 4 is 41.4 Å². The van der Waals surface area contributed by atoms with E-state index in [9.17, 15) is 14.7 Å². The first-order valence-corrected chi connectivity index (χ1v) is 14.3. The van der Waals surface area contributed by atoms with Crippen molar-refractivity contribution in [2.45, 2.75) is 32.7 Å². The molecule has 44 heavy (non-hydrogen) atoms. The Labute approximate surface area is 264 Å². The summed E-state index contributed by atoms with van der Waals surface area (Å²) < 4.78 is 22.4. The molecule has 0 aromatic heterocycles. The fraction of sp³-hybridized carbons (Fsp3) is 0.258. The molecule has 0 aliphatic carbocycles. The van der Waals surface area contributed by atoms with Gasteiger partial charge in [-0.1, -0.05) is 41.4 Å². The van der Waals surface area contributed by atoms with Gasteiger partial charge in [0.25, 0.3) is 0 Å². The lowest BCUT2D eigenvalue weighted by atomic mass is 9.95. The minimum absolute atomic E-state index is 0.180. The van der Waals surface area contributed by atoms with Crippen LogP contribution in [0, 0.1) is 0 Å². The van der Waals surface area contributed by atoms with Gasteiger partial charge in [-0.2, -0.15) is 5.10 Å². The topological polar surface area (TPSA) is 140 Å². The molecule has 11 nitrogen and oxygen atoms in total. The Bertz CT molecular complexity index is 1560. The van der Waals surface area contributed by atoms with E-state index in [2.05, 4.69) is 21.2 Å². The lowest BCUT2D eigenvalue weighted by Crippen LogP contribution is -2.45. The van der Waals surface area contributed by atoms with Crippen LogP contribution >= 0.6 is 23.2 Å². The predicted molar refractivity (Wildman–Crippen MR) is 166 cm³/mol. The van der Waals surface area contributed by atoms with Crippen molar-refractivity contribution in [2.75, 3.05) is 20.3 Å². The van der Waals surface area contributed by atoms with Gasteiger partial charge in [0.05, 0.1) is 31.5 Å². The molecular weight excluding hydrogens is 611 g/mol. The van der Waals surface area contributed by atoms with Gasteiger partial charge in [-0.25, -0.2) is 9.59 Å². The Morgan fingerprint density at radius 2 is 1.82 bits per heavy atom. The number of benzene rings is 3. The zero-order valence-corrected chi connectivity index (χ0v) is 25.7. The number of nitrogens with zero attached hydrogens (tertiary/aromatic N) is 1. The largest absolute Gasteiger partial charge is 0.490 e. The molecule has 3 aromatic carbocycles. The second kappa shape index (κ2) is 15.3. The van der Waals surface area contributed by atoms with Gasteiger partial charge in [-0.05, 0) is 67.4 Å². The first kappa shape index (κ1) is 32.5. The molecule has 0 saturated heterocycles. The Balaban J connectivity index is 1.40. The lowest BCUT2D eigenvalue weighted by molar-refractivity contribution is -0.136. The van der Waals surface area contributed by atoms with Crippen LogP contribution in [0.4, 0.5) is 4.79 Å². The number of methoxy groups -OCH3 is 1. The molecule has 3 aromatic rings. The van der Waals surface area contributed by atoms with E-state index in [1.54, 1.807) is 56.3 Å². The van der Waals surface area contributed by atoms with E-state index < -0.39 is 24.3 Å². The van der Waals surface area contributed by atoms with Crippen LogP contribution < -0.4 is 30.3 Å². The monoisotopic (exact) mass is 642 g/mol. The van der Waals surface area contributed by atoms with Crippen LogP contribution in [0.5, 0.6) is 17.2 Å². The number of rotatable bonds is 13. The molecule has 2 atom stereocenters. The second-order valence-corrected chi connectivity index (χ2v) is 10.4. The number of hydrogen-bond donors (Lipinski definition) is 4. The molecule has 1 aliphatic heterocycles. The van der Waals surface area contributed by atoms with Crippen molar-refractivity contribution in [3.63, 3.8) is 0 Å². The van der Waals surface area contributed by atoms with Gasteiger partial charge in [0.15, 0.2) is 17.7 Å². The third-order valence-corrected chi connectivity index (χ3v) is 6.82. The van der Waals surface area contributed by atoms with Crippen molar-refractivity contribution in [1.29, 1.82) is 0 Å². The van der Waals surface area contributed by atoms with E-state index >= 15 is 0 Å². The standard InChI is InChI=1S/C31H32Cl2N4O7/c1-4-42-26-14-20(29-28(30(39)41-3)18(2)35-31(40)36-29)8-10-25(26)44-17-27(38)37-34-15-21-13-23(33)9-11-24(21)43-16-19-6-5-7-22(32)12-19/h5-15,27,29,37-38H,4,16-17H2,1-3H3,(H2,35,36,40)/b34-15+/t27-,29+/m0/s1. The number of ether oxygens (including phenoxy) is 4. The first-order valence-electron chi connectivity index (χ1n) is 13.6. The summed E-state index contributed by atoms with van der Waals surface area (Å²) in [5, 5.41) is 21.0. The molecular formula is C31H32Cl2N4O7. The summed E-state index contributed by atoms with van der Waals surface area (Å²) in [6.45, 7) is 3.86. The molecule has 0 fully saturated rings. The molecule has 13 heteroatoms. The molecule has 0 spiro atoms. The molecule has 232 valence electrons. The van der Waals surface area contributed by atoms with Gasteiger partial charge in [0.1, 0.15) is 19.0 Å². The van der Waals surface area contributed by atoms with Crippen LogP contribution in [0.1, 0.15) is 36.6 Å². The number of urea groups is 1. The van der Waals surface area contributed by atoms with Crippen molar-refractivity contribution < 1.29 is 33.6 Å². The molecule has 0 bridgehead atoms. The first-order chi connectivity index (χ1) is 21.2. The number of carbonyl (C=O) groups excluding carboxylic acids is 2. The van der Waals surface area contributed by atoms with Crippen molar-refractivity contribution in [3.8, 4) is 17.2 Å². The lowest BCUT2D eigenvalue weighted by Gasteiger charge is -2.28. The normalized spacial score (nSPS) is 15.3. The maximum absolute atomic E-state index is 12.4. The van der Waals surface area contributed by atoms with E-state index in [0.717, 1.165) is 5.56 Å². The molecule has 4 N–H and O–H groups in total. The predicted octanol–water partition coefficient (Wildman–Crippen LogP) is 5.09. The zero-order chi connectivity index (χ0) is 31.6. The SMILES string of the molecule is CCOc1cc([C@H]2NC(=O)NC(C)=C2C(=O)OC)ccc1OC[C@H](O)N/N=C/c1cc(Cl)ccc1OCc1cccc(Cl)c1. The highest BCUT2D eigenvalue weighted by molar-refractivity contribution is 6.31. The third-order valence-electron chi connectivity index (χ3n) is 6.35. The van der Waals surface area contributed by atoms with Crippen LogP contribution in [0.25, 0.3) is 0 Å². The average Bonchev–Trinajstić information content (AvgIpc) is 2.99. The number of allylic oxidation sites excluding steroid dienone is 1. The van der Waals surface area contributed by atoms with Crippen molar-refractivity contribution in [2.24, 2.45) is 5.10 Å². The van der Waals surface area contributed by atoms with E-state index in [4.69, 9.17) is 42.1 Å². The Hall–Kier alpha value is -4.45. The number of halogens is 2. The summed E-state index contributed by atoms with van der Waals surface area (Å²) in [5.74, 6) is 0.659. The number of hydrogen-bond acceptors (Lipinski definition) is 9. The van der Waals surface area contributed by atoms with Crippen molar-refractivity contribution in [3.05, 3.63) is 98.7 Å². The minimum Gasteiger partial charge on any atom is -0.490 e. The highest BCUT2D eigenvalue weighted by Gasteiger charge is 2.32. The summed E-state index contributed by atoms with van der Waals surface area (Å²) in [6, 6.07) is 16.2. The van der Waals surface area contributed by atoms with Gasteiger partial charge in [-0.15, -0.1) is 0 Å². The van der Waals surface area contributed by atoms with E-state index in [1.165, 1.54) is 13.3 Å². The Morgan fingerprint density at radius 1 is 1.05 bits per heavy atom. The highest BCUT2D eigenvalue weighted by atomic mass is 35.5. The smallest absolute Gasteiger partial charge is 0.337 e. The second-order valence-electron chi connectivity index (χ2n) is 9.52. The highest BCUT2D eigenvalue weighted by Crippen LogP contribution is 2.35. The Kier molecular flexibility index (Phi) is 11.3. The van der Waals surface area contributed by atoms with Gasteiger partial charge < -0.3 is 34.7 Å². The fourth-order valence-corrected chi connectivity index (χ4v) is 4.75. The molecule has 1 aliphatic rings. The molecule has 1 heterocycles. The van der Waals surface area contributed by atoms with Crippen LogP contribution in [0.15, 0.2) is 77.0 Å². The summed E-state index contributed by atoms with van der Waals surface area (Å²) in [4.78, 5) is 24.6. The maximum Gasteiger partial charge on any atom is 0.337 e. The number of amides is 2. The minimum atomic E-state index is -1.18. The van der Waals surface area contributed by atoms with E-state index in [-0.39, 0.29) is 18.8 Å². The summed E-state index contributed by atoms with van der Waals surface area (Å²) in [7, 11) is 1.27. The summed E-state index contributed by atoms with van der Waals surface area (Å²) >= 11 is 12.2. The van der Waals surface area contributed by atoms with Crippen LogP contribution in [0.2, 0.25) is 10.0 Å². The van der Waals surface area contributed by atoms with E-state index in [1.807, 2.05) is 18.2 Å². The maximum atomic E-state index is 12.4. The van der Waals surface area contributed by atoms with E-state index in [0.29, 0.717) is 50.7 Å². The number of aliphatic hydroxyl groups is 1. The van der Waals surface area contributed by atoms with Crippen LogP contribution in [0.3, 0.4) is 0 Å². The Morgan fingerprint density at radius 3 is 2.57 bits per heavy atom. The number of aliphatic hydroxyl groups excluding tert-OH is 1. The van der Waals surface area contributed by atoms with Gasteiger partial charge in [0.2, 0.25) is 0 Å². The molecule has 2 amide bonds. The van der Waals surface area contributed by atoms with Gasteiger partial charge >= 0.3 is 12.0 Å². The number of esters is 1. The molecule has 0 saturated carbocycles. The fourth-order valence-electron chi connectivity index (χ4n) is 4.35.